The van der Waals surface area contributed by atoms with Gasteiger partial charge in [0.1, 0.15) is 5.75 Å². The van der Waals surface area contributed by atoms with Gasteiger partial charge in [0.2, 0.25) is 0 Å². The summed E-state index contributed by atoms with van der Waals surface area (Å²) in [7, 11) is 0. The van der Waals surface area contributed by atoms with Crippen LogP contribution in [0.1, 0.15) is 5.56 Å². The summed E-state index contributed by atoms with van der Waals surface area (Å²) in [5, 5.41) is 13.3. The fourth-order valence-electron chi connectivity index (χ4n) is 1.61. The molecule has 0 unspecified atom stereocenters. The summed E-state index contributed by atoms with van der Waals surface area (Å²) in [6, 6.07) is 10.3. The lowest BCUT2D eigenvalue weighted by Crippen LogP contribution is -2.03. The second-order valence-electron chi connectivity index (χ2n) is 3.93. The van der Waals surface area contributed by atoms with E-state index >= 15 is 0 Å². The highest BCUT2D eigenvalue weighted by Crippen LogP contribution is 2.26. The molecule has 18 heavy (non-hydrogen) atoms. The summed E-state index contributed by atoms with van der Waals surface area (Å²) in [6.07, 6.45) is 0. The number of nitrogens with one attached hydrogen (secondary N) is 1. The number of phenolic OH excluding ortho intramolecular Hbond substituents is 1. The molecule has 0 saturated heterocycles. The van der Waals surface area contributed by atoms with Gasteiger partial charge in [-0.15, -0.1) is 0 Å². The molecule has 0 fully saturated rings. The summed E-state index contributed by atoms with van der Waals surface area (Å²) in [4.78, 5) is 0. The Bertz CT molecular complexity index is 552. The Kier molecular flexibility index (Phi) is 3.48. The van der Waals surface area contributed by atoms with E-state index in [1.165, 1.54) is 0 Å². The summed E-state index contributed by atoms with van der Waals surface area (Å²) in [5.74, 6) is 0.170. The molecule has 6 N–H and O–H groups in total. The Hall–Kier alpha value is -2.07. The van der Waals surface area contributed by atoms with Crippen LogP contribution in [0.2, 0.25) is 5.02 Å². The molecule has 0 aromatic heterocycles. The van der Waals surface area contributed by atoms with Crippen LogP contribution < -0.4 is 16.8 Å². The van der Waals surface area contributed by atoms with Gasteiger partial charge in [0.15, 0.2) is 0 Å². The van der Waals surface area contributed by atoms with Crippen molar-refractivity contribution < 1.29 is 5.11 Å². The molecule has 5 heteroatoms. The first-order valence-corrected chi connectivity index (χ1v) is 5.81. The first-order valence-electron chi connectivity index (χ1n) is 5.43. The van der Waals surface area contributed by atoms with Crippen molar-refractivity contribution in [1.82, 2.24) is 0 Å². The molecule has 4 nitrogen and oxygen atoms in total. The number of aromatic hydroxyl groups is 1. The molecule has 0 atom stereocenters. The molecule has 0 radical (unpaired) electrons. The molecule has 0 aliphatic heterocycles. The second kappa shape index (κ2) is 5.06. The molecular formula is C13H14ClN3O. The summed E-state index contributed by atoms with van der Waals surface area (Å²) in [5.41, 5.74) is 14.0. The van der Waals surface area contributed by atoms with Crippen LogP contribution in [0, 0.1) is 0 Å². The zero-order valence-corrected chi connectivity index (χ0v) is 10.4. The zero-order valence-electron chi connectivity index (χ0n) is 9.65. The van der Waals surface area contributed by atoms with E-state index in [0.717, 1.165) is 5.69 Å². The van der Waals surface area contributed by atoms with Crippen LogP contribution in [0.4, 0.5) is 17.1 Å². The minimum atomic E-state index is 0.170. The normalized spacial score (nSPS) is 10.3. The number of rotatable bonds is 3. The van der Waals surface area contributed by atoms with E-state index in [-0.39, 0.29) is 5.75 Å². The predicted molar refractivity (Wildman–Crippen MR) is 75.7 cm³/mol. The monoisotopic (exact) mass is 263 g/mol. The lowest BCUT2D eigenvalue weighted by atomic mass is 10.1. The lowest BCUT2D eigenvalue weighted by Gasteiger charge is -2.11. The highest BCUT2D eigenvalue weighted by atomic mass is 35.5. The van der Waals surface area contributed by atoms with Crippen molar-refractivity contribution in [1.29, 1.82) is 0 Å². The van der Waals surface area contributed by atoms with E-state index in [9.17, 15) is 5.11 Å². The van der Waals surface area contributed by atoms with Crippen molar-refractivity contribution in [2.75, 3.05) is 16.8 Å². The molecule has 94 valence electrons. The molecule has 0 aliphatic carbocycles. The molecule has 2 aromatic carbocycles. The fraction of sp³-hybridized carbons (Fsp3) is 0.0769. The maximum atomic E-state index is 9.70. The van der Waals surface area contributed by atoms with Crippen molar-refractivity contribution >= 4 is 28.7 Å². The minimum Gasteiger partial charge on any atom is -0.508 e. The second-order valence-corrected chi connectivity index (χ2v) is 4.34. The lowest BCUT2D eigenvalue weighted by molar-refractivity contribution is 0.469. The van der Waals surface area contributed by atoms with Crippen molar-refractivity contribution in [2.24, 2.45) is 0 Å². The van der Waals surface area contributed by atoms with Crippen LogP contribution in [0.25, 0.3) is 0 Å². The number of halogens is 1. The molecule has 0 aliphatic rings. The molecule has 0 saturated carbocycles. The van der Waals surface area contributed by atoms with E-state index < -0.39 is 0 Å². The third kappa shape index (κ3) is 2.60. The summed E-state index contributed by atoms with van der Waals surface area (Å²) in [6.45, 7) is 0.415. The Morgan fingerprint density at radius 2 is 1.89 bits per heavy atom. The average Bonchev–Trinajstić information content (AvgIpc) is 2.33. The number of hydrogen-bond acceptors (Lipinski definition) is 4. The zero-order chi connectivity index (χ0) is 13.1. The van der Waals surface area contributed by atoms with Crippen LogP contribution in [-0.2, 0) is 6.54 Å². The molecule has 0 spiro atoms. The standard InChI is InChI=1S/C13H14ClN3O/c14-10-6-8(4-5-12(10)16)17-7-9-11(15)2-1-3-13(9)18/h1-6,17-18H,7,15-16H2. The van der Waals surface area contributed by atoms with Gasteiger partial charge in [-0.25, -0.2) is 0 Å². The van der Waals surface area contributed by atoms with Gasteiger partial charge in [-0.1, -0.05) is 17.7 Å². The van der Waals surface area contributed by atoms with Gasteiger partial charge in [0.05, 0.1) is 10.7 Å². The number of phenols is 1. The van der Waals surface area contributed by atoms with Crippen LogP contribution >= 0.6 is 11.6 Å². The number of nitrogen functional groups attached to an aromatic ring is 2. The Balaban J connectivity index is 2.14. The van der Waals surface area contributed by atoms with Crippen molar-refractivity contribution in [3.8, 4) is 5.75 Å². The fourth-order valence-corrected chi connectivity index (χ4v) is 1.79. The number of anilines is 3. The topological polar surface area (TPSA) is 84.3 Å². The van der Waals surface area contributed by atoms with E-state index in [4.69, 9.17) is 23.1 Å². The van der Waals surface area contributed by atoms with Crippen molar-refractivity contribution in [3.05, 3.63) is 47.0 Å². The van der Waals surface area contributed by atoms with E-state index in [1.807, 2.05) is 6.07 Å². The SMILES string of the molecule is Nc1ccc(NCc2c(N)cccc2O)cc1Cl. The molecule has 0 amide bonds. The third-order valence-corrected chi connectivity index (χ3v) is 2.98. The van der Waals surface area contributed by atoms with E-state index in [1.54, 1.807) is 30.3 Å². The van der Waals surface area contributed by atoms with Crippen LogP contribution in [0.5, 0.6) is 5.75 Å². The molecule has 2 rings (SSSR count). The van der Waals surface area contributed by atoms with Gasteiger partial charge in [-0.3, -0.25) is 0 Å². The van der Waals surface area contributed by atoms with Gasteiger partial charge in [-0.05, 0) is 30.3 Å². The maximum Gasteiger partial charge on any atom is 0.122 e. The maximum absolute atomic E-state index is 9.70. The van der Waals surface area contributed by atoms with Crippen LogP contribution in [0.15, 0.2) is 36.4 Å². The Morgan fingerprint density at radius 1 is 1.11 bits per heavy atom. The van der Waals surface area contributed by atoms with E-state index in [2.05, 4.69) is 5.32 Å². The molecular weight excluding hydrogens is 250 g/mol. The molecule has 0 bridgehead atoms. The smallest absolute Gasteiger partial charge is 0.122 e. The van der Waals surface area contributed by atoms with Gasteiger partial charge >= 0.3 is 0 Å². The highest BCUT2D eigenvalue weighted by molar-refractivity contribution is 6.33. The minimum absolute atomic E-state index is 0.170. The predicted octanol–water partition coefficient (Wildman–Crippen LogP) is 2.82. The molecule has 2 aromatic rings. The quantitative estimate of drug-likeness (QED) is 0.642. The van der Waals surface area contributed by atoms with Gasteiger partial charge in [-0.2, -0.15) is 0 Å². The van der Waals surface area contributed by atoms with Gasteiger partial charge in [0, 0.05) is 23.5 Å². The number of hydrogen-bond donors (Lipinski definition) is 4. The van der Waals surface area contributed by atoms with Crippen molar-refractivity contribution in [2.45, 2.75) is 6.54 Å². The van der Waals surface area contributed by atoms with Crippen molar-refractivity contribution in [3.63, 3.8) is 0 Å². The van der Waals surface area contributed by atoms with Crippen LogP contribution in [-0.4, -0.2) is 5.11 Å². The largest absolute Gasteiger partial charge is 0.508 e. The van der Waals surface area contributed by atoms with E-state index in [0.29, 0.717) is 28.5 Å². The first-order chi connectivity index (χ1) is 8.58. The van der Waals surface area contributed by atoms with Gasteiger partial charge < -0.3 is 21.9 Å². The van der Waals surface area contributed by atoms with Crippen LogP contribution in [0.3, 0.4) is 0 Å². The molecule has 0 heterocycles. The highest BCUT2D eigenvalue weighted by Gasteiger charge is 2.05. The number of benzene rings is 2. The van der Waals surface area contributed by atoms with Gasteiger partial charge in [0.25, 0.3) is 0 Å². The summed E-state index contributed by atoms with van der Waals surface area (Å²) >= 11 is 5.92. The Labute approximate surface area is 110 Å². The Morgan fingerprint density at radius 3 is 2.56 bits per heavy atom. The number of nitrogens with two attached hydrogens (primary N) is 2. The average molecular weight is 264 g/mol. The third-order valence-electron chi connectivity index (χ3n) is 2.66. The first kappa shape index (κ1) is 12.4. The summed E-state index contributed by atoms with van der Waals surface area (Å²) < 4.78 is 0.